The molecule has 0 aromatic heterocycles. The van der Waals surface area contributed by atoms with Gasteiger partial charge in [0.25, 0.3) is 0 Å². The lowest BCUT2D eigenvalue weighted by Gasteiger charge is -2.24. The summed E-state index contributed by atoms with van der Waals surface area (Å²) in [5, 5.41) is 8.57. The van der Waals surface area contributed by atoms with E-state index in [2.05, 4.69) is 4.90 Å². The molecule has 1 aromatic rings. The molecule has 5 heteroatoms. The summed E-state index contributed by atoms with van der Waals surface area (Å²) in [6.07, 6.45) is 3.35. The van der Waals surface area contributed by atoms with Crippen LogP contribution >= 0.6 is 0 Å². The molecule has 0 aliphatic heterocycles. The summed E-state index contributed by atoms with van der Waals surface area (Å²) < 4.78 is 14.2. The zero-order valence-electron chi connectivity index (χ0n) is 12.8. The molecular formula is C16H23FN2O2. The third-order valence-electron chi connectivity index (χ3n) is 3.15. The van der Waals surface area contributed by atoms with Crippen LogP contribution in [0, 0.1) is 5.82 Å². The number of carboxylic acid groups (broad SMARTS) is 1. The van der Waals surface area contributed by atoms with Crippen LogP contribution in [0.4, 0.5) is 10.1 Å². The molecule has 0 saturated carbocycles. The maximum atomic E-state index is 14.2. The maximum absolute atomic E-state index is 14.2. The van der Waals surface area contributed by atoms with Crippen molar-refractivity contribution in [1.29, 1.82) is 0 Å². The van der Waals surface area contributed by atoms with Gasteiger partial charge in [0, 0.05) is 19.2 Å². The van der Waals surface area contributed by atoms with E-state index in [1.165, 1.54) is 12.1 Å². The van der Waals surface area contributed by atoms with Crippen LogP contribution < -0.4 is 4.90 Å². The molecule has 0 aliphatic carbocycles. The van der Waals surface area contributed by atoms with E-state index in [1.54, 1.807) is 12.1 Å². The summed E-state index contributed by atoms with van der Waals surface area (Å²) >= 11 is 0. The van der Waals surface area contributed by atoms with Gasteiger partial charge >= 0.3 is 5.97 Å². The molecule has 0 spiro atoms. The Morgan fingerprint density at radius 2 is 2.05 bits per heavy atom. The van der Waals surface area contributed by atoms with E-state index in [1.807, 2.05) is 25.9 Å². The van der Waals surface area contributed by atoms with Crippen LogP contribution in [0.15, 0.2) is 24.3 Å². The average Bonchev–Trinajstić information content (AvgIpc) is 2.42. The molecule has 0 radical (unpaired) electrons. The van der Waals surface area contributed by atoms with Crippen molar-refractivity contribution in [3.63, 3.8) is 0 Å². The molecule has 0 aliphatic rings. The van der Waals surface area contributed by atoms with Crippen molar-refractivity contribution in [1.82, 2.24) is 4.90 Å². The molecule has 0 atom stereocenters. The number of anilines is 1. The zero-order chi connectivity index (χ0) is 15.8. The lowest BCUT2D eigenvalue weighted by molar-refractivity contribution is -0.131. The summed E-state index contributed by atoms with van der Waals surface area (Å²) in [6.45, 7) is 4.47. The van der Waals surface area contributed by atoms with Crippen molar-refractivity contribution in [3.05, 3.63) is 35.7 Å². The molecule has 0 heterocycles. The molecule has 4 nitrogen and oxygen atoms in total. The molecule has 0 fully saturated rings. The Morgan fingerprint density at radius 1 is 1.33 bits per heavy atom. The highest BCUT2D eigenvalue weighted by molar-refractivity contribution is 5.85. The lowest BCUT2D eigenvalue weighted by Crippen LogP contribution is -2.27. The Kier molecular flexibility index (Phi) is 6.88. The number of carboxylic acids is 1. The molecule has 0 saturated heterocycles. The Hall–Kier alpha value is -1.88. The third kappa shape index (κ3) is 5.95. The molecular weight excluding hydrogens is 271 g/mol. The average molecular weight is 294 g/mol. The van der Waals surface area contributed by atoms with E-state index in [9.17, 15) is 9.18 Å². The van der Waals surface area contributed by atoms with Gasteiger partial charge in [-0.05, 0) is 57.8 Å². The monoisotopic (exact) mass is 294 g/mol. The van der Waals surface area contributed by atoms with Crippen molar-refractivity contribution in [2.24, 2.45) is 0 Å². The normalized spacial score (nSPS) is 11.3. The van der Waals surface area contributed by atoms with Gasteiger partial charge in [0.2, 0.25) is 0 Å². The number of hydrogen-bond donors (Lipinski definition) is 1. The van der Waals surface area contributed by atoms with Gasteiger partial charge in [0.15, 0.2) is 0 Å². The third-order valence-corrected chi connectivity index (χ3v) is 3.15. The largest absolute Gasteiger partial charge is 0.478 e. The fraction of sp³-hybridized carbons (Fsp3) is 0.438. The predicted molar refractivity (Wildman–Crippen MR) is 84.1 cm³/mol. The van der Waals surface area contributed by atoms with Crippen LogP contribution in [-0.4, -0.2) is 49.7 Å². The first-order valence-electron chi connectivity index (χ1n) is 7.04. The lowest BCUT2D eigenvalue weighted by atomic mass is 10.1. The minimum atomic E-state index is -1.04. The topological polar surface area (TPSA) is 43.8 Å². The van der Waals surface area contributed by atoms with Crippen molar-refractivity contribution in [2.75, 3.05) is 38.6 Å². The molecule has 1 N–H and O–H groups in total. The minimum Gasteiger partial charge on any atom is -0.478 e. The van der Waals surface area contributed by atoms with E-state index in [0.717, 1.165) is 32.1 Å². The summed E-state index contributed by atoms with van der Waals surface area (Å²) in [5.74, 6) is -1.37. The van der Waals surface area contributed by atoms with Crippen molar-refractivity contribution >= 4 is 17.7 Å². The van der Waals surface area contributed by atoms with Gasteiger partial charge in [-0.1, -0.05) is 6.07 Å². The zero-order valence-corrected chi connectivity index (χ0v) is 12.8. The van der Waals surface area contributed by atoms with E-state index in [4.69, 9.17) is 5.11 Å². The number of aliphatic carboxylic acids is 1. The SMILES string of the molecule is CCN(CCCN(C)C)c1ccc(/C=C/C(=O)O)cc1F. The number of halogens is 1. The first-order chi connectivity index (χ1) is 9.93. The number of rotatable bonds is 8. The Labute approximate surface area is 125 Å². The smallest absolute Gasteiger partial charge is 0.328 e. The Morgan fingerprint density at radius 3 is 2.57 bits per heavy atom. The van der Waals surface area contributed by atoms with Crippen LogP contribution in [0.5, 0.6) is 0 Å². The highest BCUT2D eigenvalue weighted by Crippen LogP contribution is 2.21. The predicted octanol–water partition coefficient (Wildman–Crippen LogP) is 2.70. The molecule has 21 heavy (non-hydrogen) atoms. The number of carbonyl (C=O) groups is 1. The van der Waals surface area contributed by atoms with Gasteiger partial charge in [-0.15, -0.1) is 0 Å². The van der Waals surface area contributed by atoms with Gasteiger partial charge in [-0.3, -0.25) is 0 Å². The fourth-order valence-corrected chi connectivity index (χ4v) is 2.08. The second kappa shape index (κ2) is 8.42. The Bertz CT molecular complexity index is 501. The molecule has 0 bridgehead atoms. The van der Waals surface area contributed by atoms with E-state index in [0.29, 0.717) is 11.3 Å². The van der Waals surface area contributed by atoms with E-state index < -0.39 is 5.97 Å². The summed E-state index contributed by atoms with van der Waals surface area (Å²) in [6, 6.07) is 4.80. The standard InChI is InChI=1S/C16H23FN2O2/c1-4-19(11-5-10-18(2)3)15-8-6-13(12-14(15)17)7-9-16(20)21/h6-9,12H,4-5,10-11H2,1-3H3,(H,20,21)/b9-7+. The van der Waals surface area contributed by atoms with Crippen LogP contribution in [0.3, 0.4) is 0 Å². The summed E-state index contributed by atoms with van der Waals surface area (Å²) in [7, 11) is 4.03. The van der Waals surface area contributed by atoms with Crippen molar-refractivity contribution < 1.29 is 14.3 Å². The molecule has 0 unspecified atom stereocenters. The number of hydrogen-bond acceptors (Lipinski definition) is 3. The van der Waals surface area contributed by atoms with E-state index in [-0.39, 0.29) is 5.82 Å². The maximum Gasteiger partial charge on any atom is 0.328 e. The van der Waals surface area contributed by atoms with Gasteiger partial charge in [-0.2, -0.15) is 0 Å². The number of nitrogens with zero attached hydrogens (tertiary/aromatic N) is 2. The highest BCUT2D eigenvalue weighted by Gasteiger charge is 2.10. The van der Waals surface area contributed by atoms with Crippen molar-refractivity contribution in [2.45, 2.75) is 13.3 Å². The van der Waals surface area contributed by atoms with Gasteiger partial charge < -0.3 is 14.9 Å². The molecule has 1 aromatic carbocycles. The summed E-state index contributed by atoms with van der Waals surface area (Å²) in [4.78, 5) is 14.6. The van der Waals surface area contributed by atoms with Crippen molar-refractivity contribution in [3.8, 4) is 0 Å². The van der Waals surface area contributed by atoms with Crippen LogP contribution in [0.25, 0.3) is 6.08 Å². The van der Waals surface area contributed by atoms with Crippen LogP contribution in [0.1, 0.15) is 18.9 Å². The fourth-order valence-electron chi connectivity index (χ4n) is 2.08. The van der Waals surface area contributed by atoms with E-state index >= 15 is 0 Å². The van der Waals surface area contributed by atoms with Crippen LogP contribution in [0.2, 0.25) is 0 Å². The highest BCUT2D eigenvalue weighted by atomic mass is 19.1. The Balaban J connectivity index is 2.78. The van der Waals surface area contributed by atoms with Crippen LogP contribution in [-0.2, 0) is 4.79 Å². The molecule has 1 rings (SSSR count). The second-order valence-corrected chi connectivity index (χ2v) is 5.12. The summed E-state index contributed by atoms with van der Waals surface area (Å²) in [5.41, 5.74) is 1.10. The molecule has 116 valence electrons. The quantitative estimate of drug-likeness (QED) is 0.749. The number of benzene rings is 1. The minimum absolute atomic E-state index is 0.325. The second-order valence-electron chi connectivity index (χ2n) is 5.12. The van der Waals surface area contributed by atoms with Gasteiger partial charge in [0.05, 0.1) is 5.69 Å². The molecule has 0 amide bonds. The first kappa shape index (κ1) is 17.2. The van der Waals surface area contributed by atoms with Gasteiger partial charge in [0.1, 0.15) is 5.82 Å². The first-order valence-corrected chi connectivity index (χ1v) is 7.04. The van der Waals surface area contributed by atoms with Gasteiger partial charge in [-0.25, -0.2) is 9.18 Å².